The van der Waals surface area contributed by atoms with Crippen molar-refractivity contribution in [3.05, 3.63) is 29.1 Å². The third-order valence-corrected chi connectivity index (χ3v) is 3.00. The number of nitrogens with zero attached hydrogens (tertiary/aromatic N) is 1. The van der Waals surface area contributed by atoms with Gasteiger partial charge in [0.25, 0.3) is 0 Å². The zero-order valence-corrected chi connectivity index (χ0v) is 12.6. The summed E-state index contributed by atoms with van der Waals surface area (Å²) in [4.78, 5) is 25.1. The van der Waals surface area contributed by atoms with Crippen LogP contribution in [0, 0.1) is 12.7 Å². The summed E-state index contributed by atoms with van der Waals surface area (Å²) >= 11 is 0. The third kappa shape index (κ3) is 3.71. The average molecular weight is 294 g/mol. The molecular weight excluding hydrogens is 275 g/mol. The highest BCUT2D eigenvalue weighted by molar-refractivity contribution is 5.95. The molecule has 1 aliphatic rings. The third-order valence-electron chi connectivity index (χ3n) is 3.00. The lowest BCUT2D eigenvalue weighted by molar-refractivity contribution is -0.155. The van der Waals surface area contributed by atoms with Crippen LogP contribution in [0.2, 0.25) is 0 Å². The van der Waals surface area contributed by atoms with Crippen LogP contribution < -0.4 is 5.32 Å². The summed E-state index contributed by atoms with van der Waals surface area (Å²) in [6, 6.07) is 2.34. The predicted octanol–water partition coefficient (Wildman–Crippen LogP) is 2.82. The van der Waals surface area contributed by atoms with E-state index >= 15 is 0 Å². The van der Waals surface area contributed by atoms with Gasteiger partial charge in [-0.2, -0.15) is 0 Å². The summed E-state index contributed by atoms with van der Waals surface area (Å²) in [6.45, 7) is 7.02. The normalized spacial score (nSPS) is 14.5. The van der Waals surface area contributed by atoms with Gasteiger partial charge in [-0.1, -0.05) is 0 Å². The minimum absolute atomic E-state index is 0.169. The number of carbonyl (C=O) groups excluding carboxylic acids is 2. The number of hydrogen-bond acceptors (Lipinski definition) is 3. The number of hydrogen-bond donors (Lipinski definition) is 1. The molecule has 2 rings (SSSR count). The average Bonchev–Trinajstić information content (AvgIpc) is 2.28. The van der Waals surface area contributed by atoms with Gasteiger partial charge >= 0.3 is 12.0 Å². The van der Waals surface area contributed by atoms with Crippen molar-refractivity contribution in [3.63, 3.8) is 0 Å². The minimum atomic E-state index is -0.607. The van der Waals surface area contributed by atoms with Crippen LogP contribution in [0.1, 0.15) is 31.9 Å². The van der Waals surface area contributed by atoms with E-state index in [9.17, 15) is 14.0 Å². The quantitative estimate of drug-likeness (QED) is 0.853. The molecule has 0 saturated heterocycles. The number of benzene rings is 1. The van der Waals surface area contributed by atoms with Crippen LogP contribution in [-0.4, -0.2) is 29.0 Å². The Morgan fingerprint density at radius 3 is 2.71 bits per heavy atom. The summed E-state index contributed by atoms with van der Waals surface area (Å²) in [7, 11) is 0. The molecule has 1 aromatic rings. The van der Waals surface area contributed by atoms with E-state index in [1.807, 2.05) is 0 Å². The second kappa shape index (κ2) is 5.35. The molecule has 0 atom stereocenters. The molecule has 114 valence electrons. The van der Waals surface area contributed by atoms with Gasteiger partial charge in [0.15, 0.2) is 0 Å². The minimum Gasteiger partial charge on any atom is -0.459 e. The Bertz CT molecular complexity index is 593. The first-order valence-corrected chi connectivity index (χ1v) is 6.72. The van der Waals surface area contributed by atoms with Crippen molar-refractivity contribution in [2.45, 2.75) is 39.8 Å². The number of fused-ring (bicyclic) bond motifs is 1. The first-order chi connectivity index (χ1) is 9.65. The lowest BCUT2D eigenvalue weighted by atomic mass is 10.1. The van der Waals surface area contributed by atoms with Gasteiger partial charge in [0.2, 0.25) is 0 Å². The molecule has 0 aromatic heterocycles. The second-order valence-corrected chi connectivity index (χ2v) is 6.13. The van der Waals surface area contributed by atoms with Crippen LogP contribution >= 0.6 is 0 Å². The maximum absolute atomic E-state index is 13.4. The molecule has 6 heteroatoms. The number of rotatable bonds is 2. The lowest BCUT2D eigenvalue weighted by Gasteiger charge is -2.30. The summed E-state index contributed by atoms with van der Waals surface area (Å²) in [5.41, 5.74) is 1.32. The Morgan fingerprint density at radius 1 is 1.43 bits per heavy atom. The fourth-order valence-corrected chi connectivity index (χ4v) is 2.24. The number of carbonyl (C=O) groups is 2. The van der Waals surface area contributed by atoms with Gasteiger partial charge < -0.3 is 15.0 Å². The standard InChI is InChI=1S/C15H19FN2O3/c1-9-5-11(16)6-10-7-18(14(20)17-13(9)10)8-12(19)21-15(2,3)4/h5-6H,7-8H2,1-4H3,(H,17,20). The number of halogens is 1. The Kier molecular flexibility index (Phi) is 3.89. The number of ether oxygens (including phenoxy) is 1. The monoisotopic (exact) mass is 294 g/mol. The topological polar surface area (TPSA) is 58.6 Å². The van der Waals surface area contributed by atoms with Gasteiger partial charge in [0, 0.05) is 0 Å². The molecule has 0 radical (unpaired) electrons. The van der Waals surface area contributed by atoms with Gasteiger partial charge in [0.05, 0.1) is 12.2 Å². The Morgan fingerprint density at radius 2 is 2.10 bits per heavy atom. The van der Waals surface area contributed by atoms with E-state index in [1.165, 1.54) is 17.0 Å². The number of anilines is 1. The maximum atomic E-state index is 13.4. The summed E-state index contributed by atoms with van der Waals surface area (Å²) in [5, 5.41) is 2.69. The fourth-order valence-electron chi connectivity index (χ4n) is 2.24. The summed E-state index contributed by atoms with van der Waals surface area (Å²) in [5.74, 6) is -0.853. The zero-order chi connectivity index (χ0) is 15.8. The van der Waals surface area contributed by atoms with Crippen LogP contribution in [0.5, 0.6) is 0 Å². The Labute approximate surface area is 123 Å². The van der Waals surface area contributed by atoms with Crippen molar-refractivity contribution < 1.29 is 18.7 Å². The second-order valence-electron chi connectivity index (χ2n) is 6.13. The van der Waals surface area contributed by atoms with Gasteiger partial charge in [-0.25, -0.2) is 9.18 Å². The smallest absolute Gasteiger partial charge is 0.326 e. The van der Waals surface area contributed by atoms with E-state index < -0.39 is 11.6 Å². The number of nitrogens with one attached hydrogen (secondary N) is 1. The molecule has 0 spiro atoms. The van der Waals surface area contributed by atoms with E-state index in [4.69, 9.17) is 4.74 Å². The molecule has 0 aliphatic carbocycles. The van der Waals surface area contributed by atoms with Crippen LogP contribution in [0.4, 0.5) is 14.9 Å². The SMILES string of the molecule is Cc1cc(F)cc2c1NC(=O)N(CC(=O)OC(C)(C)C)C2. The van der Waals surface area contributed by atoms with Gasteiger partial charge in [-0.3, -0.25) is 4.79 Å². The van der Waals surface area contributed by atoms with Gasteiger partial charge in [-0.05, 0) is 51.0 Å². The van der Waals surface area contributed by atoms with E-state index in [1.54, 1.807) is 27.7 Å². The highest BCUT2D eigenvalue weighted by Crippen LogP contribution is 2.28. The molecule has 21 heavy (non-hydrogen) atoms. The van der Waals surface area contributed by atoms with E-state index in [0.717, 1.165) is 0 Å². The van der Waals surface area contributed by atoms with Crippen molar-refractivity contribution in [2.24, 2.45) is 0 Å². The lowest BCUT2D eigenvalue weighted by Crippen LogP contribution is -2.43. The number of esters is 1. The number of amides is 2. The van der Waals surface area contributed by atoms with Crippen LogP contribution in [0.25, 0.3) is 0 Å². The molecule has 2 amide bonds. The van der Waals surface area contributed by atoms with E-state index in [-0.39, 0.29) is 24.9 Å². The Balaban J connectivity index is 2.14. The molecule has 0 fully saturated rings. The highest BCUT2D eigenvalue weighted by atomic mass is 19.1. The van der Waals surface area contributed by atoms with E-state index in [2.05, 4.69) is 5.32 Å². The van der Waals surface area contributed by atoms with Crippen molar-refractivity contribution in [3.8, 4) is 0 Å². The largest absolute Gasteiger partial charge is 0.459 e. The van der Waals surface area contributed by atoms with Crippen molar-refractivity contribution >= 4 is 17.7 Å². The molecule has 1 heterocycles. The van der Waals surface area contributed by atoms with Crippen LogP contribution in [-0.2, 0) is 16.1 Å². The van der Waals surface area contributed by atoms with Crippen LogP contribution in [0.3, 0.4) is 0 Å². The van der Waals surface area contributed by atoms with Crippen LogP contribution in [0.15, 0.2) is 12.1 Å². The maximum Gasteiger partial charge on any atom is 0.326 e. The first-order valence-electron chi connectivity index (χ1n) is 6.72. The molecular formula is C15H19FN2O3. The van der Waals surface area contributed by atoms with Crippen molar-refractivity contribution in [1.82, 2.24) is 4.90 Å². The van der Waals surface area contributed by atoms with Gasteiger partial charge in [-0.15, -0.1) is 0 Å². The van der Waals surface area contributed by atoms with Crippen molar-refractivity contribution in [2.75, 3.05) is 11.9 Å². The molecule has 0 unspecified atom stereocenters. The summed E-state index contributed by atoms with van der Waals surface area (Å²) in [6.07, 6.45) is 0. The number of aryl methyl sites for hydroxylation is 1. The number of urea groups is 1. The summed E-state index contributed by atoms with van der Waals surface area (Å²) < 4.78 is 18.6. The van der Waals surface area contributed by atoms with Gasteiger partial charge in [0.1, 0.15) is 18.0 Å². The van der Waals surface area contributed by atoms with Crippen molar-refractivity contribution in [1.29, 1.82) is 0 Å². The Hall–Kier alpha value is -2.11. The molecule has 5 nitrogen and oxygen atoms in total. The molecule has 0 saturated carbocycles. The molecule has 0 bridgehead atoms. The van der Waals surface area contributed by atoms with E-state index in [0.29, 0.717) is 16.8 Å². The zero-order valence-electron chi connectivity index (χ0n) is 12.6. The molecule has 1 N–H and O–H groups in total. The predicted molar refractivity (Wildman–Crippen MR) is 76.4 cm³/mol. The molecule has 1 aliphatic heterocycles. The fraction of sp³-hybridized carbons (Fsp3) is 0.467. The first kappa shape index (κ1) is 15.3. The molecule has 1 aromatic carbocycles. The highest BCUT2D eigenvalue weighted by Gasteiger charge is 2.27.